The molecule has 2 rings (SSSR count). The predicted molar refractivity (Wildman–Crippen MR) is 440 cm³/mol. The van der Waals surface area contributed by atoms with Gasteiger partial charge in [0.2, 0.25) is 70.9 Å². The van der Waals surface area contributed by atoms with E-state index in [1.54, 1.807) is 136 Å². The van der Waals surface area contributed by atoms with Crippen molar-refractivity contribution in [3.63, 3.8) is 0 Å². The topological polar surface area (TPSA) is 627 Å². The second-order valence-corrected chi connectivity index (χ2v) is 31.0. The van der Waals surface area contributed by atoms with E-state index in [1.807, 2.05) is 0 Å². The number of thioether (sulfide) groups is 1. The number of carboxylic acids is 3. The first-order valence-electron chi connectivity index (χ1n) is 39.4. The van der Waals surface area contributed by atoms with Gasteiger partial charge < -0.3 is 112 Å². The summed E-state index contributed by atoms with van der Waals surface area (Å²) in [5.41, 5.74) is 29.4. The van der Waals surface area contributed by atoms with Gasteiger partial charge in [-0.2, -0.15) is 11.8 Å². The lowest BCUT2D eigenvalue weighted by Gasteiger charge is -2.36. The lowest BCUT2D eigenvalue weighted by Crippen LogP contribution is -2.63. The molecule has 0 saturated heterocycles. The van der Waals surface area contributed by atoms with Crippen molar-refractivity contribution in [2.24, 2.45) is 68.2 Å². The van der Waals surface area contributed by atoms with E-state index >= 15 is 9.59 Å². The number of benzene rings is 2. The molecule has 0 unspecified atom stereocenters. The maximum Gasteiger partial charge on any atom is 0.326 e. The van der Waals surface area contributed by atoms with E-state index in [1.165, 1.54) is 18.8 Å². The number of aliphatic imine (C=N–C) groups is 2. The molecule has 0 radical (unpaired) electrons. The minimum absolute atomic E-state index is 0.00104. The lowest BCUT2D eigenvalue weighted by molar-refractivity contribution is -0.145. The summed E-state index contributed by atoms with van der Waals surface area (Å²) >= 11 is 1.35. The first-order valence-corrected chi connectivity index (χ1v) is 40.8. The molecule has 38 nitrogen and oxygen atoms in total. The Morgan fingerprint density at radius 1 is 0.427 bits per heavy atom. The van der Waals surface area contributed by atoms with Crippen LogP contribution in [0.15, 0.2) is 70.6 Å². The molecule has 0 bridgehead atoms. The van der Waals surface area contributed by atoms with Crippen molar-refractivity contribution in [3.05, 3.63) is 71.8 Å². The Hall–Kier alpha value is -10.7. The fraction of sp³-hybridized carbons (Fsp3) is 0.628. The number of nitrogens with zero attached hydrogens (tertiary/aromatic N) is 3. The van der Waals surface area contributed by atoms with Crippen LogP contribution in [0.2, 0.25) is 0 Å². The molecule has 117 heavy (non-hydrogen) atoms. The summed E-state index contributed by atoms with van der Waals surface area (Å²) in [5, 5.41) is 68.8. The molecule has 0 spiro atoms. The van der Waals surface area contributed by atoms with Crippen molar-refractivity contribution in [1.82, 2.24) is 63.4 Å². The number of amides is 12. The summed E-state index contributed by atoms with van der Waals surface area (Å²) in [6.45, 7) is 15.9. The van der Waals surface area contributed by atoms with E-state index in [0.717, 1.165) is 4.90 Å². The van der Waals surface area contributed by atoms with E-state index in [4.69, 9.17) is 33.8 Å². The highest BCUT2D eigenvalue weighted by molar-refractivity contribution is 7.98. The van der Waals surface area contributed by atoms with Gasteiger partial charge in [0, 0.05) is 39.4 Å². The summed E-state index contributed by atoms with van der Waals surface area (Å²) < 4.78 is 0. The first kappa shape index (κ1) is 102. The monoisotopic (exact) mass is 1670 g/mol. The van der Waals surface area contributed by atoms with Crippen LogP contribution in [0.3, 0.4) is 0 Å². The van der Waals surface area contributed by atoms with Crippen LogP contribution in [-0.4, -0.2) is 243 Å². The van der Waals surface area contributed by atoms with Crippen molar-refractivity contribution in [1.29, 1.82) is 0 Å². The van der Waals surface area contributed by atoms with Crippen molar-refractivity contribution >= 4 is 112 Å². The van der Waals surface area contributed by atoms with Crippen molar-refractivity contribution in [2.75, 3.05) is 38.8 Å². The molecule has 25 N–H and O–H groups in total. The first-order chi connectivity index (χ1) is 55.1. The third-order valence-electron chi connectivity index (χ3n) is 19.5. The van der Waals surface area contributed by atoms with Gasteiger partial charge in [-0.1, -0.05) is 149 Å². The number of likely N-dealkylation sites (N-methyl/N-ethyl adjacent to an activating group) is 1. The van der Waals surface area contributed by atoms with Crippen LogP contribution in [0.25, 0.3) is 0 Å². The number of carboxylic acid groups (broad SMARTS) is 3. The number of carbonyl (C=O) groups is 15. The second kappa shape index (κ2) is 53.5. The highest BCUT2D eigenvalue weighted by atomic mass is 32.2. The largest absolute Gasteiger partial charge is 0.481 e. The van der Waals surface area contributed by atoms with E-state index in [0.29, 0.717) is 16.9 Å². The van der Waals surface area contributed by atoms with E-state index in [2.05, 4.69) is 68.5 Å². The average molecular weight is 1670 g/mol. The van der Waals surface area contributed by atoms with Crippen LogP contribution in [0.4, 0.5) is 0 Å². The second-order valence-electron chi connectivity index (χ2n) is 30.0. The van der Waals surface area contributed by atoms with Gasteiger partial charge in [-0.15, -0.1) is 0 Å². The van der Waals surface area contributed by atoms with Crippen molar-refractivity contribution in [2.45, 2.75) is 244 Å². The number of rotatable bonds is 56. The summed E-state index contributed by atoms with van der Waals surface area (Å²) in [5.74, 6) is -18.2. The molecule has 39 heteroatoms. The molecule has 0 aliphatic heterocycles. The molecule has 0 saturated carbocycles. The molecule has 0 heterocycles. The normalized spacial score (nSPS) is 15.3. The molecular weight excluding hydrogens is 1540 g/mol. The number of aliphatic hydroxyl groups excluding tert-OH is 1. The van der Waals surface area contributed by atoms with E-state index < -0.39 is 205 Å². The maximum absolute atomic E-state index is 15.1. The summed E-state index contributed by atoms with van der Waals surface area (Å²) in [6, 6.07) is -2.45. The number of hydrogen-bond donors (Lipinski definition) is 20. The highest BCUT2D eigenvalue weighted by Gasteiger charge is 2.42. The smallest absolute Gasteiger partial charge is 0.326 e. The molecule has 12 amide bonds. The zero-order valence-electron chi connectivity index (χ0n) is 69.2. The summed E-state index contributed by atoms with van der Waals surface area (Å²) in [6.07, 6.45) is 0.260. The van der Waals surface area contributed by atoms with Gasteiger partial charge in [-0.3, -0.25) is 77.1 Å². The zero-order chi connectivity index (χ0) is 88.3. The molecule has 654 valence electrons. The van der Waals surface area contributed by atoms with Gasteiger partial charge >= 0.3 is 17.9 Å². The molecular formula is C78H127N19O19S. The van der Waals surface area contributed by atoms with Gasteiger partial charge in [0.15, 0.2) is 11.9 Å². The molecule has 2 aromatic rings. The van der Waals surface area contributed by atoms with Crippen LogP contribution in [0.5, 0.6) is 0 Å². The number of carbonyl (C=O) groups excluding carboxylic acids is 12. The summed E-state index contributed by atoms with van der Waals surface area (Å²) in [7, 11) is 1.28. The number of aliphatic carboxylic acids is 3. The Kier molecular flexibility index (Phi) is 46.8. The van der Waals surface area contributed by atoms with Gasteiger partial charge in [0.25, 0.3) is 0 Å². The number of guanidine groups is 2. The summed E-state index contributed by atoms with van der Waals surface area (Å²) in [4.78, 5) is 218. The minimum atomic E-state index is -1.91. The van der Waals surface area contributed by atoms with Crippen LogP contribution in [0.1, 0.15) is 164 Å². The minimum Gasteiger partial charge on any atom is -0.481 e. The quantitative estimate of drug-likeness (QED) is 0.0203. The predicted octanol–water partition coefficient (Wildman–Crippen LogP) is -1.53. The highest BCUT2D eigenvalue weighted by Crippen LogP contribution is 2.21. The Balaban J connectivity index is 2.59. The third-order valence-corrected chi connectivity index (χ3v) is 20.2. The van der Waals surface area contributed by atoms with E-state index in [9.17, 15) is 77.6 Å². The Labute approximate surface area is 688 Å². The van der Waals surface area contributed by atoms with Gasteiger partial charge in [0.1, 0.15) is 72.5 Å². The van der Waals surface area contributed by atoms with Gasteiger partial charge in [-0.25, -0.2) is 4.79 Å². The number of nitrogens with one attached hydrogen (secondary N) is 11. The fourth-order valence-corrected chi connectivity index (χ4v) is 12.8. The molecule has 0 fully saturated rings. The van der Waals surface area contributed by atoms with Crippen molar-refractivity contribution < 1.29 is 92.3 Å². The fourth-order valence-electron chi connectivity index (χ4n) is 12.3. The molecule has 16 atom stereocenters. The molecule has 0 aromatic heterocycles. The van der Waals surface area contributed by atoms with Gasteiger partial charge in [-0.05, 0) is 104 Å². The number of hydrogen-bond acceptors (Lipinski definition) is 20. The number of aliphatic hydroxyl groups is 1. The standard InChI is InChI=1S/C78H127N19O19S/c1-13-44(8)61(95-66(105)50(28-22-33-84-77(80)81)87-65(104)51(32-35-117-12)86-64(103)49(79)30-31-59(99)100)73(112)94-58(41-98)71(110)88-52(29-23-34-85-78(82)83)75(114)97(11)63(46(10)15-3)74(113)96-62(45(9)14-2)72(111)92-54(37-43(6)7)67(106)91-56(40-60(101)102)70(109)90-55(38-47-24-18-16-19-25-47)69(108)89-53(36-42(4)5)68(107)93-57(76(115)116)39-48-26-20-17-21-27-48/h16-21,24-27,42-46,49-58,61-63,98H,13-15,22-23,28-41,79H2,1-12H3,(H,86,103)(H,87,104)(H,88,110)(H,89,108)(H,90,109)(H,91,106)(H,92,111)(H,93,107)(H,94,112)(H,95,105)(H,96,113)(H,99,100)(H,101,102)(H,115,116)(H4,80,81,84)(H4,82,83,85)/t44-,45-,46-,49-,50-,51-,52-,53-,54-,55-,56-,57-,58-,61-,62-,63-/m0/s1. The van der Waals surface area contributed by atoms with Crippen LogP contribution in [0, 0.1) is 29.6 Å². The zero-order valence-corrected chi connectivity index (χ0v) is 70.0. The van der Waals surface area contributed by atoms with Gasteiger partial charge in [0.05, 0.1) is 19.1 Å². The van der Waals surface area contributed by atoms with Crippen LogP contribution in [-0.2, 0) is 84.8 Å². The Bertz CT molecular complexity index is 3650. The van der Waals surface area contributed by atoms with E-state index in [-0.39, 0.29) is 120 Å². The number of nitrogens with two attached hydrogens (primary N) is 5. The molecule has 0 aliphatic carbocycles. The third kappa shape index (κ3) is 37.8. The average Bonchev–Trinajstić information content (AvgIpc) is 0.803. The maximum atomic E-state index is 15.1. The lowest BCUT2D eigenvalue weighted by atomic mass is 9.93. The Morgan fingerprint density at radius 2 is 0.795 bits per heavy atom. The van der Waals surface area contributed by atoms with Crippen LogP contribution < -0.4 is 87.2 Å². The molecule has 0 aliphatic rings. The van der Waals surface area contributed by atoms with Crippen molar-refractivity contribution in [3.8, 4) is 0 Å². The Morgan fingerprint density at radius 3 is 1.24 bits per heavy atom. The van der Waals surface area contributed by atoms with Crippen LogP contribution >= 0.6 is 11.8 Å². The SMILES string of the molecule is CC[C@H](C)[C@H](NC(=O)[C@H](CCCN=C(N)N)NC(=O)[C@H](CCSC)NC(=O)[C@@H](N)CCC(=O)O)C(=O)N[C@@H](CO)C(=O)N[C@@H](CCCN=C(N)N)C(=O)N(C)[C@H](C(=O)N[C@H](C(=O)N[C@@H](CC(C)C)C(=O)N[C@@H](CC(=O)O)C(=O)N[C@@H](Cc1ccccc1)C(=O)N[C@@H](CC(C)C)C(=O)N[C@@H](Cc1ccccc1)C(=O)O)[C@@H](C)CC)[C@@H](C)CC. The molecule has 2 aromatic carbocycles.